The normalized spacial score (nSPS) is 17.3. The zero-order valence-electron chi connectivity index (χ0n) is 17.1. The Labute approximate surface area is 143 Å². The van der Waals surface area contributed by atoms with Crippen molar-refractivity contribution in [3.8, 4) is 22.6 Å². The van der Waals surface area contributed by atoms with E-state index in [0.717, 1.165) is 40.7 Å². The van der Waals surface area contributed by atoms with Crippen LogP contribution < -0.4 is 4.74 Å². The Morgan fingerprint density at radius 2 is 2.00 bits per heavy atom. The molecule has 0 radical (unpaired) electrons. The maximum Gasteiger partial charge on any atom is 0.132 e. The summed E-state index contributed by atoms with van der Waals surface area (Å²) in [5, 5.41) is 10.7. The van der Waals surface area contributed by atoms with Gasteiger partial charge < -0.3 is 9.84 Å². The number of rotatable bonds is 4. The van der Waals surface area contributed by atoms with Gasteiger partial charge in [-0.3, -0.25) is 0 Å². The van der Waals surface area contributed by atoms with Crippen LogP contribution in [0.5, 0.6) is 11.5 Å². The predicted octanol–water partition coefficient (Wildman–Crippen LogP) is 5.73. The van der Waals surface area contributed by atoms with Crippen molar-refractivity contribution in [3.05, 3.63) is 47.0 Å². The monoisotopic (exact) mass is 313 g/mol. The van der Waals surface area contributed by atoms with Gasteiger partial charge in [-0.15, -0.1) is 0 Å². The smallest absolute Gasteiger partial charge is 0.132 e. The van der Waals surface area contributed by atoms with Gasteiger partial charge in [0.05, 0.1) is 5.56 Å². The Kier molecular flexibility index (Phi) is 3.21. The number of aromatic hydroxyl groups is 1. The van der Waals surface area contributed by atoms with Crippen molar-refractivity contribution >= 4 is 0 Å². The molecule has 0 fully saturated rings. The van der Waals surface area contributed by atoms with Crippen molar-refractivity contribution in [2.45, 2.75) is 58.9 Å². The summed E-state index contributed by atoms with van der Waals surface area (Å²) in [6, 6.07) is 9.98. The van der Waals surface area contributed by atoms with Crippen LogP contribution in [0.15, 0.2) is 30.3 Å². The van der Waals surface area contributed by atoms with E-state index in [0.29, 0.717) is 12.2 Å². The third-order valence-electron chi connectivity index (χ3n) is 4.49. The summed E-state index contributed by atoms with van der Waals surface area (Å²) in [6.07, 6.45) is 2.36. The number of phenols is 1. The molecule has 1 aliphatic rings. The molecule has 0 unspecified atom stereocenters. The van der Waals surface area contributed by atoms with Gasteiger partial charge in [0.2, 0.25) is 0 Å². The number of hydrogen-bond acceptors (Lipinski definition) is 2. The first-order valence-corrected chi connectivity index (χ1v) is 8.23. The SMILES string of the molecule is [2H]C([2H])([2H])CCCCc1cc(O)c2c(c1)OC(C)(C)c1ccc(C)cc1-2. The molecule has 0 amide bonds. The summed E-state index contributed by atoms with van der Waals surface area (Å²) in [6.45, 7) is 4.24. The Morgan fingerprint density at radius 3 is 2.78 bits per heavy atom. The van der Waals surface area contributed by atoms with E-state index >= 15 is 0 Å². The van der Waals surface area contributed by atoms with E-state index < -0.39 is 12.5 Å². The molecule has 1 heterocycles. The maximum absolute atomic E-state index is 10.7. The van der Waals surface area contributed by atoms with E-state index in [2.05, 4.69) is 18.2 Å². The van der Waals surface area contributed by atoms with Crippen LogP contribution in [0.4, 0.5) is 0 Å². The second-order valence-corrected chi connectivity index (χ2v) is 6.86. The van der Waals surface area contributed by atoms with E-state index in [9.17, 15) is 5.11 Å². The topological polar surface area (TPSA) is 29.5 Å². The molecule has 0 saturated carbocycles. The van der Waals surface area contributed by atoms with Crippen molar-refractivity contribution in [2.75, 3.05) is 0 Å². The van der Waals surface area contributed by atoms with Gasteiger partial charge in [0, 0.05) is 9.68 Å². The molecule has 0 atom stereocenters. The number of benzene rings is 2. The van der Waals surface area contributed by atoms with Gasteiger partial charge in [0.1, 0.15) is 17.1 Å². The van der Waals surface area contributed by atoms with Gasteiger partial charge in [0.15, 0.2) is 0 Å². The number of unbranched alkanes of at least 4 members (excludes halogenated alkanes) is 1. The molecule has 0 spiro atoms. The van der Waals surface area contributed by atoms with Gasteiger partial charge in [-0.25, -0.2) is 0 Å². The van der Waals surface area contributed by atoms with Gasteiger partial charge in [0.25, 0.3) is 0 Å². The van der Waals surface area contributed by atoms with Crippen molar-refractivity contribution < 1.29 is 14.0 Å². The van der Waals surface area contributed by atoms with Gasteiger partial charge >= 0.3 is 0 Å². The largest absolute Gasteiger partial charge is 0.507 e. The number of hydrogen-bond donors (Lipinski definition) is 1. The molecule has 122 valence electrons. The minimum atomic E-state index is -1.87. The number of fused-ring (bicyclic) bond motifs is 3. The van der Waals surface area contributed by atoms with Crippen LogP contribution in [-0.2, 0) is 12.0 Å². The summed E-state index contributed by atoms with van der Waals surface area (Å²) in [4.78, 5) is 0. The predicted molar refractivity (Wildman–Crippen MR) is 95.2 cm³/mol. The zero-order valence-corrected chi connectivity index (χ0v) is 14.1. The van der Waals surface area contributed by atoms with Gasteiger partial charge in [-0.2, -0.15) is 0 Å². The molecule has 0 bridgehead atoms. The van der Waals surface area contributed by atoms with Crippen molar-refractivity contribution in [1.82, 2.24) is 0 Å². The van der Waals surface area contributed by atoms with E-state index in [1.807, 2.05) is 26.8 Å². The van der Waals surface area contributed by atoms with Crippen LogP contribution in [0.1, 0.15) is 60.8 Å². The highest BCUT2D eigenvalue weighted by atomic mass is 16.5. The fraction of sp³-hybridized carbons (Fsp3) is 0.429. The molecule has 0 saturated heterocycles. The van der Waals surface area contributed by atoms with Crippen molar-refractivity contribution in [2.24, 2.45) is 0 Å². The minimum absolute atomic E-state index is 0.218. The highest BCUT2D eigenvalue weighted by Gasteiger charge is 2.34. The summed E-state index contributed by atoms with van der Waals surface area (Å²) in [7, 11) is 0. The summed E-state index contributed by atoms with van der Waals surface area (Å²) >= 11 is 0. The van der Waals surface area contributed by atoms with Gasteiger partial charge in [-0.05, 0) is 56.9 Å². The lowest BCUT2D eigenvalue weighted by molar-refractivity contribution is 0.105. The molecule has 0 aromatic heterocycles. The summed E-state index contributed by atoms with van der Waals surface area (Å²) in [5.41, 5.74) is 4.47. The average Bonchev–Trinajstić information content (AvgIpc) is 2.49. The van der Waals surface area contributed by atoms with Crippen molar-refractivity contribution in [3.63, 3.8) is 0 Å². The number of ether oxygens (including phenoxy) is 1. The second-order valence-electron chi connectivity index (χ2n) is 6.86. The van der Waals surface area contributed by atoms with E-state index in [1.165, 1.54) is 0 Å². The number of phenolic OH excluding ortho intramolecular Hbond substituents is 1. The molecule has 2 aromatic carbocycles. The summed E-state index contributed by atoms with van der Waals surface area (Å²) in [5.74, 6) is 0.912. The Hall–Kier alpha value is -1.96. The van der Waals surface area contributed by atoms with Crippen LogP contribution in [0, 0.1) is 6.92 Å². The average molecular weight is 313 g/mol. The molecule has 3 rings (SSSR count). The first-order valence-electron chi connectivity index (χ1n) is 9.73. The zero-order chi connectivity index (χ0) is 19.1. The quantitative estimate of drug-likeness (QED) is 0.731. The second kappa shape index (κ2) is 5.92. The minimum Gasteiger partial charge on any atom is -0.507 e. The Morgan fingerprint density at radius 1 is 1.17 bits per heavy atom. The third kappa shape index (κ3) is 2.95. The van der Waals surface area contributed by atoms with E-state index in [-0.39, 0.29) is 12.2 Å². The van der Waals surface area contributed by atoms with Crippen LogP contribution >= 0.6 is 0 Å². The molecule has 0 aliphatic carbocycles. The van der Waals surface area contributed by atoms with Crippen LogP contribution in [-0.4, -0.2) is 5.11 Å². The highest BCUT2D eigenvalue weighted by molar-refractivity contribution is 5.82. The van der Waals surface area contributed by atoms with Crippen molar-refractivity contribution in [1.29, 1.82) is 0 Å². The van der Waals surface area contributed by atoms with Gasteiger partial charge in [-0.1, -0.05) is 43.5 Å². The fourth-order valence-electron chi connectivity index (χ4n) is 3.33. The van der Waals surface area contributed by atoms with Crippen LogP contribution in [0.3, 0.4) is 0 Å². The molecule has 1 aliphatic heterocycles. The lowest BCUT2D eigenvalue weighted by Gasteiger charge is -2.35. The lowest BCUT2D eigenvalue weighted by Crippen LogP contribution is -2.29. The lowest BCUT2D eigenvalue weighted by atomic mass is 9.84. The standard InChI is InChI=1S/C21H26O2/c1-5-6-7-8-15-12-18(22)20-16-11-14(2)9-10-17(16)21(3,4)23-19(20)13-15/h9-13,22H,5-8H2,1-4H3/i1D3. The Bertz CT molecular complexity index is 823. The fourth-order valence-corrected chi connectivity index (χ4v) is 3.33. The van der Waals surface area contributed by atoms with E-state index in [4.69, 9.17) is 8.85 Å². The van der Waals surface area contributed by atoms with Crippen LogP contribution in [0.2, 0.25) is 0 Å². The van der Waals surface area contributed by atoms with Crippen LogP contribution in [0.25, 0.3) is 11.1 Å². The first kappa shape index (κ1) is 12.5. The number of aryl methyl sites for hydroxylation is 2. The molecular formula is C21H26O2. The molecule has 2 aromatic rings. The molecule has 2 heteroatoms. The molecule has 23 heavy (non-hydrogen) atoms. The summed E-state index contributed by atoms with van der Waals surface area (Å²) < 4.78 is 28.0. The molecule has 2 nitrogen and oxygen atoms in total. The first-order chi connectivity index (χ1) is 12.1. The van der Waals surface area contributed by atoms with E-state index in [1.54, 1.807) is 6.07 Å². The highest BCUT2D eigenvalue weighted by Crippen LogP contribution is 2.49. The Balaban J connectivity index is 1.89. The molecule has 1 N–H and O–H groups in total. The molecular weight excluding hydrogens is 284 g/mol. The maximum atomic E-state index is 10.7. The third-order valence-corrected chi connectivity index (χ3v) is 4.49.